The lowest BCUT2D eigenvalue weighted by Gasteiger charge is -2.23. The zero-order chi connectivity index (χ0) is 24.5. The van der Waals surface area contributed by atoms with Crippen LogP contribution in [-0.4, -0.2) is 40.7 Å². The molecule has 0 aromatic heterocycles. The molecule has 1 heterocycles. The van der Waals surface area contributed by atoms with Gasteiger partial charge in [-0.05, 0) is 54.6 Å². The van der Waals surface area contributed by atoms with Gasteiger partial charge in [-0.15, -0.1) is 0 Å². The minimum absolute atomic E-state index is 0.257. The summed E-state index contributed by atoms with van der Waals surface area (Å²) in [5.74, 6) is 1.67. The first-order valence-corrected chi connectivity index (χ1v) is 16.4. The van der Waals surface area contributed by atoms with E-state index in [1.54, 1.807) is 0 Å². The van der Waals surface area contributed by atoms with Gasteiger partial charge in [0.05, 0.1) is 12.7 Å². The van der Waals surface area contributed by atoms with Crippen LogP contribution in [0, 0.1) is 0 Å². The minimum atomic E-state index is -1.10. The summed E-state index contributed by atoms with van der Waals surface area (Å²) in [7, 11) is -1.10. The highest BCUT2D eigenvalue weighted by Gasteiger charge is 2.15. The van der Waals surface area contributed by atoms with Gasteiger partial charge in [-0.25, -0.2) is 0 Å². The third-order valence-electron chi connectivity index (χ3n) is 6.27. The van der Waals surface area contributed by atoms with E-state index >= 15 is 0 Å². The highest BCUT2D eigenvalue weighted by Crippen LogP contribution is 2.30. The van der Waals surface area contributed by atoms with Crippen molar-refractivity contribution in [2.75, 3.05) is 26.5 Å². The second kappa shape index (κ2) is 12.5. The summed E-state index contributed by atoms with van der Waals surface area (Å²) in [6.45, 7) is 11.1. The maximum absolute atomic E-state index is 6.37. The highest BCUT2D eigenvalue weighted by atomic mass is 28.3. The van der Waals surface area contributed by atoms with Crippen molar-refractivity contribution < 1.29 is 18.9 Å². The zero-order valence-electron chi connectivity index (χ0n) is 21.3. The van der Waals surface area contributed by atoms with Crippen molar-refractivity contribution in [2.24, 2.45) is 0 Å². The molecule has 1 atom stereocenters. The van der Waals surface area contributed by atoms with Gasteiger partial charge in [0.1, 0.15) is 18.1 Å². The van der Waals surface area contributed by atoms with Gasteiger partial charge in [0, 0.05) is 32.2 Å². The molecule has 1 fully saturated rings. The molecule has 0 radical (unpaired) electrons. The molecular formula is C29H39NO4Si. The van der Waals surface area contributed by atoms with E-state index in [1.807, 2.05) is 30.3 Å². The molecule has 0 bridgehead atoms. The van der Waals surface area contributed by atoms with E-state index in [9.17, 15) is 0 Å². The van der Waals surface area contributed by atoms with Crippen molar-refractivity contribution in [1.82, 2.24) is 5.32 Å². The Labute approximate surface area is 210 Å². The largest absolute Gasteiger partial charge is 0.488 e. The molecule has 0 spiro atoms. The Morgan fingerprint density at radius 3 is 2.57 bits per heavy atom. The highest BCUT2D eigenvalue weighted by molar-refractivity contribution is 6.76. The standard InChI is InChI=1S/C29H39NO4Si/c1-35(2,3)16-15-31-22-34-28-13-7-5-10-25(28)21-33-29-18-23(17-24-9-4-6-12-27(24)29)20-32-26-11-8-14-30-19-26/h4-7,9-10,12-13,17-18,26,30H,8,11,14-16,19-22H2,1-3H3. The number of piperidine rings is 1. The lowest BCUT2D eigenvalue weighted by atomic mass is 10.1. The molecule has 3 aromatic carbocycles. The van der Waals surface area contributed by atoms with Crippen molar-refractivity contribution in [3.8, 4) is 11.5 Å². The number of fused-ring (bicyclic) bond motifs is 1. The Balaban J connectivity index is 1.40. The molecule has 5 nitrogen and oxygen atoms in total. The summed E-state index contributed by atoms with van der Waals surface area (Å²) in [5.41, 5.74) is 2.13. The average molecular weight is 494 g/mol. The summed E-state index contributed by atoms with van der Waals surface area (Å²) < 4.78 is 24.2. The summed E-state index contributed by atoms with van der Waals surface area (Å²) >= 11 is 0. The Morgan fingerprint density at radius 2 is 1.74 bits per heavy atom. The second-order valence-electron chi connectivity index (χ2n) is 10.5. The number of para-hydroxylation sites is 1. The molecule has 3 aromatic rings. The number of benzene rings is 3. The van der Waals surface area contributed by atoms with Gasteiger partial charge in [-0.3, -0.25) is 0 Å². The Kier molecular flexibility index (Phi) is 9.21. The molecule has 188 valence electrons. The zero-order valence-corrected chi connectivity index (χ0v) is 22.3. The van der Waals surface area contributed by atoms with Crippen LogP contribution in [0.15, 0.2) is 60.7 Å². The van der Waals surface area contributed by atoms with Gasteiger partial charge in [0.15, 0.2) is 6.79 Å². The summed E-state index contributed by atoms with van der Waals surface area (Å²) in [6, 6.07) is 21.8. The quantitative estimate of drug-likeness (QED) is 0.180. The molecule has 0 aliphatic carbocycles. The number of hydrogen-bond donors (Lipinski definition) is 1. The van der Waals surface area contributed by atoms with Crippen LogP contribution in [-0.2, 0) is 22.7 Å². The van der Waals surface area contributed by atoms with Gasteiger partial charge < -0.3 is 24.3 Å². The fourth-order valence-electron chi connectivity index (χ4n) is 4.18. The van der Waals surface area contributed by atoms with Crippen LogP contribution in [0.4, 0.5) is 0 Å². The summed E-state index contributed by atoms with van der Waals surface area (Å²) in [6.07, 6.45) is 2.56. The van der Waals surface area contributed by atoms with Crippen molar-refractivity contribution >= 4 is 18.8 Å². The SMILES string of the molecule is C[Si](C)(C)CCOCOc1ccccc1COc1cc(COC2CCCNC2)cc2ccccc12. The molecule has 1 unspecified atom stereocenters. The first kappa shape index (κ1) is 25.7. The van der Waals surface area contributed by atoms with Gasteiger partial charge in [-0.1, -0.05) is 62.1 Å². The molecule has 0 amide bonds. The Bertz CT molecular complexity index is 1080. The van der Waals surface area contributed by atoms with E-state index in [4.69, 9.17) is 18.9 Å². The van der Waals surface area contributed by atoms with Gasteiger partial charge >= 0.3 is 0 Å². The predicted octanol–water partition coefficient (Wildman–Crippen LogP) is 6.38. The lowest BCUT2D eigenvalue weighted by Crippen LogP contribution is -2.35. The third-order valence-corrected chi connectivity index (χ3v) is 7.98. The van der Waals surface area contributed by atoms with E-state index in [0.29, 0.717) is 13.2 Å². The first-order chi connectivity index (χ1) is 17.0. The molecule has 0 saturated carbocycles. The van der Waals surface area contributed by atoms with Crippen molar-refractivity contribution in [1.29, 1.82) is 0 Å². The fraction of sp³-hybridized carbons (Fsp3) is 0.448. The molecule has 4 rings (SSSR count). The monoisotopic (exact) mass is 493 g/mol. The number of hydrogen-bond acceptors (Lipinski definition) is 5. The van der Waals surface area contributed by atoms with Crippen molar-refractivity contribution in [3.63, 3.8) is 0 Å². The van der Waals surface area contributed by atoms with E-state index < -0.39 is 8.07 Å². The van der Waals surface area contributed by atoms with Crippen LogP contribution in [0.25, 0.3) is 10.8 Å². The van der Waals surface area contributed by atoms with Gasteiger partial charge in [0.25, 0.3) is 0 Å². The fourth-order valence-corrected chi connectivity index (χ4v) is 4.93. The first-order valence-electron chi connectivity index (χ1n) is 12.7. The second-order valence-corrected chi connectivity index (χ2v) is 16.1. The molecular weight excluding hydrogens is 454 g/mol. The normalized spacial score (nSPS) is 16.4. The van der Waals surface area contributed by atoms with E-state index in [2.05, 4.69) is 55.3 Å². The van der Waals surface area contributed by atoms with E-state index in [-0.39, 0.29) is 12.9 Å². The molecule has 1 saturated heterocycles. The number of ether oxygens (including phenoxy) is 4. The summed E-state index contributed by atoms with van der Waals surface area (Å²) in [5, 5.41) is 5.67. The van der Waals surface area contributed by atoms with Crippen LogP contribution >= 0.6 is 0 Å². The van der Waals surface area contributed by atoms with Crippen LogP contribution < -0.4 is 14.8 Å². The van der Waals surface area contributed by atoms with E-state index in [0.717, 1.165) is 65.6 Å². The topological polar surface area (TPSA) is 49.0 Å². The lowest BCUT2D eigenvalue weighted by molar-refractivity contribution is 0.0209. The van der Waals surface area contributed by atoms with Gasteiger partial charge in [0.2, 0.25) is 0 Å². The Hall–Kier alpha value is -2.38. The third kappa shape index (κ3) is 8.07. The van der Waals surface area contributed by atoms with Crippen molar-refractivity contribution in [2.45, 2.75) is 57.8 Å². The van der Waals surface area contributed by atoms with Crippen LogP contribution in [0.1, 0.15) is 24.0 Å². The maximum atomic E-state index is 6.37. The molecule has 1 N–H and O–H groups in total. The van der Waals surface area contributed by atoms with E-state index in [1.165, 1.54) is 6.42 Å². The summed E-state index contributed by atoms with van der Waals surface area (Å²) in [4.78, 5) is 0. The molecule has 1 aliphatic rings. The van der Waals surface area contributed by atoms with Crippen LogP contribution in [0.3, 0.4) is 0 Å². The smallest absolute Gasteiger partial charge is 0.189 e. The Morgan fingerprint density at radius 1 is 0.914 bits per heavy atom. The van der Waals surface area contributed by atoms with Crippen molar-refractivity contribution in [3.05, 3.63) is 71.8 Å². The van der Waals surface area contributed by atoms with Gasteiger partial charge in [-0.2, -0.15) is 0 Å². The predicted molar refractivity (Wildman–Crippen MR) is 145 cm³/mol. The number of rotatable bonds is 12. The molecule has 6 heteroatoms. The maximum Gasteiger partial charge on any atom is 0.189 e. The number of nitrogens with one attached hydrogen (secondary N) is 1. The molecule has 35 heavy (non-hydrogen) atoms. The average Bonchev–Trinajstić information content (AvgIpc) is 2.86. The van der Waals surface area contributed by atoms with Crippen LogP contribution in [0.5, 0.6) is 11.5 Å². The molecule has 1 aliphatic heterocycles. The minimum Gasteiger partial charge on any atom is -0.488 e. The van der Waals surface area contributed by atoms with Crippen LogP contribution in [0.2, 0.25) is 25.7 Å².